The van der Waals surface area contributed by atoms with E-state index in [1.54, 1.807) is 19.0 Å². The number of aromatic nitrogens is 4. The van der Waals surface area contributed by atoms with Crippen molar-refractivity contribution in [1.82, 2.24) is 29.5 Å². The third-order valence-corrected chi connectivity index (χ3v) is 12.6. The number of nitrogens with zero attached hydrogens (tertiary/aromatic N) is 9. The minimum absolute atomic E-state index is 0.112. The maximum absolute atomic E-state index is 12.9. The lowest BCUT2D eigenvalue weighted by Gasteiger charge is -2.44. The van der Waals surface area contributed by atoms with Crippen molar-refractivity contribution in [2.45, 2.75) is 89.4 Å². The van der Waals surface area contributed by atoms with Crippen molar-refractivity contribution >= 4 is 17.4 Å². The fraction of sp³-hybridized carbons (Fsp3) is 0.426. The highest BCUT2D eigenvalue weighted by Gasteiger charge is 2.45. The number of benzene rings is 3. The second kappa shape index (κ2) is 16.5. The van der Waals surface area contributed by atoms with E-state index in [1.807, 2.05) is 22.9 Å². The average Bonchev–Trinajstić information content (AvgIpc) is 3.80. The molecule has 2 atom stereocenters. The van der Waals surface area contributed by atoms with Crippen LogP contribution >= 0.6 is 0 Å². The Morgan fingerprint density at radius 1 is 0.966 bits per heavy atom. The van der Waals surface area contributed by atoms with Crippen LogP contribution in [0.1, 0.15) is 87.4 Å². The molecular weight excluding hydrogens is 739 g/mol. The van der Waals surface area contributed by atoms with E-state index in [9.17, 15) is 10.1 Å². The zero-order chi connectivity index (χ0) is 40.5. The maximum Gasteiger partial charge on any atom is 0.318 e. The van der Waals surface area contributed by atoms with Gasteiger partial charge in [-0.15, -0.1) is 0 Å². The number of fused-ring (bicyclic) bond motifs is 4. The molecular formula is C47H53N9O3. The summed E-state index contributed by atoms with van der Waals surface area (Å²) < 4.78 is 15.6. The topological polar surface area (TPSA) is 116 Å². The van der Waals surface area contributed by atoms with Crippen LogP contribution in [0.25, 0.3) is 0 Å². The Bertz CT molecular complexity index is 2320. The van der Waals surface area contributed by atoms with Gasteiger partial charge in [0.2, 0.25) is 0 Å². The van der Waals surface area contributed by atoms with Gasteiger partial charge in [0.1, 0.15) is 24.1 Å². The predicted octanol–water partition coefficient (Wildman–Crippen LogP) is 6.64. The molecule has 1 fully saturated rings. The summed E-state index contributed by atoms with van der Waals surface area (Å²) in [5.41, 5.74) is 8.64. The summed E-state index contributed by atoms with van der Waals surface area (Å²) in [6.07, 6.45) is 6.19. The van der Waals surface area contributed by atoms with Crippen LogP contribution in [0.5, 0.6) is 6.01 Å². The van der Waals surface area contributed by atoms with Crippen molar-refractivity contribution < 1.29 is 14.3 Å². The van der Waals surface area contributed by atoms with Gasteiger partial charge < -0.3 is 29.1 Å². The second-order valence-electron chi connectivity index (χ2n) is 16.8. The van der Waals surface area contributed by atoms with Gasteiger partial charge in [-0.25, -0.2) is 0 Å². The third kappa shape index (κ3) is 7.77. The molecule has 12 nitrogen and oxygen atoms in total. The zero-order valence-corrected chi connectivity index (χ0v) is 34.4. The van der Waals surface area contributed by atoms with Gasteiger partial charge in [-0.05, 0) is 80.9 Å². The number of hydrogen-bond acceptors (Lipinski definition) is 10. The first-order valence-corrected chi connectivity index (χ1v) is 21.1. The van der Waals surface area contributed by atoms with Gasteiger partial charge in [0.15, 0.2) is 5.69 Å². The highest BCUT2D eigenvalue weighted by atomic mass is 16.5. The number of amides is 1. The Kier molecular flexibility index (Phi) is 10.8. The van der Waals surface area contributed by atoms with E-state index in [0.29, 0.717) is 69.1 Å². The number of carbonyl (C=O) groups excluding carboxylic acids is 1. The van der Waals surface area contributed by atoms with Crippen molar-refractivity contribution in [2.75, 3.05) is 50.6 Å². The summed E-state index contributed by atoms with van der Waals surface area (Å²) >= 11 is 0. The fourth-order valence-corrected chi connectivity index (χ4v) is 9.57. The van der Waals surface area contributed by atoms with E-state index in [2.05, 4.69) is 93.6 Å². The number of likely N-dealkylation sites (N-methyl/N-ethyl adjacent to an activating group) is 1. The van der Waals surface area contributed by atoms with E-state index in [0.717, 1.165) is 85.6 Å². The van der Waals surface area contributed by atoms with Gasteiger partial charge in [0.05, 0.1) is 35.8 Å². The smallest absolute Gasteiger partial charge is 0.318 e. The molecule has 0 N–H and O–H groups in total. The van der Waals surface area contributed by atoms with Gasteiger partial charge in [-0.1, -0.05) is 66.7 Å². The van der Waals surface area contributed by atoms with Crippen LogP contribution in [0, 0.1) is 11.3 Å². The molecule has 12 heteroatoms. The van der Waals surface area contributed by atoms with Crippen molar-refractivity contribution in [1.29, 1.82) is 5.26 Å². The molecule has 0 radical (unpaired) electrons. The predicted molar refractivity (Wildman–Crippen MR) is 226 cm³/mol. The van der Waals surface area contributed by atoms with Gasteiger partial charge in [-0.2, -0.15) is 20.3 Å². The lowest BCUT2D eigenvalue weighted by molar-refractivity contribution is -0.0857. The third-order valence-electron chi connectivity index (χ3n) is 12.6. The molecule has 1 amide bonds. The number of rotatable bonds is 10. The minimum Gasteiger partial charge on any atom is -0.462 e. The number of carbonyl (C=O) groups is 1. The van der Waals surface area contributed by atoms with E-state index in [4.69, 9.17) is 19.4 Å². The number of hydrogen-bond donors (Lipinski definition) is 0. The molecule has 1 unspecified atom stereocenters. The molecule has 2 aromatic heterocycles. The second-order valence-corrected chi connectivity index (χ2v) is 16.8. The zero-order valence-electron chi connectivity index (χ0n) is 34.4. The van der Waals surface area contributed by atoms with E-state index >= 15 is 0 Å². The summed E-state index contributed by atoms with van der Waals surface area (Å²) in [6, 6.07) is 30.6. The molecule has 3 aliphatic heterocycles. The summed E-state index contributed by atoms with van der Waals surface area (Å²) in [6.45, 7) is 5.20. The highest BCUT2D eigenvalue weighted by molar-refractivity contribution is 5.92. The van der Waals surface area contributed by atoms with E-state index < -0.39 is 5.60 Å². The average molecular weight is 792 g/mol. The number of ether oxygens (including phenoxy) is 2. The van der Waals surface area contributed by atoms with E-state index in [1.165, 1.54) is 16.7 Å². The van der Waals surface area contributed by atoms with Crippen LogP contribution in [-0.4, -0.2) is 82.3 Å². The molecule has 4 aliphatic rings. The Morgan fingerprint density at radius 2 is 1.73 bits per heavy atom. The Balaban J connectivity index is 1.10. The molecule has 5 aromatic rings. The van der Waals surface area contributed by atoms with Crippen molar-refractivity contribution in [3.8, 4) is 12.1 Å². The molecule has 0 bridgehead atoms. The van der Waals surface area contributed by atoms with Crippen LogP contribution < -0.4 is 14.5 Å². The molecule has 0 saturated carbocycles. The number of likely N-dealkylation sites (tertiary alicyclic amines) is 1. The number of aryl methyl sites for hydroxylation is 2. The minimum atomic E-state index is -0.736. The van der Waals surface area contributed by atoms with Crippen LogP contribution in [0.2, 0.25) is 0 Å². The largest absolute Gasteiger partial charge is 0.462 e. The molecule has 59 heavy (non-hydrogen) atoms. The van der Waals surface area contributed by atoms with E-state index in [-0.39, 0.29) is 5.91 Å². The summed E-state index contributed by atoms with van der Waals surface area (Å²) in [4.78, 5) is 31.8. The standard InChI is InChI=1S/C47H53N9O3/c1-52(2)45(57)40-25-37-30-54(23-12-24-56(37)51-40)44-39-32-59-47(26-41(39)49-46(50-44)58-31-36-18-11-22-53(36)3)21-10-17-35-19-20-42(38(27-48)43(35)47)55(28-33-13-6-4-7-14-33)29-34-15-8-5-9-16-34/h4-9,13-16,19-20,25,36H,10-12,17-18,21-24,26,28-32H2,1-3H3/t36-,47?/m0/s1. The lowest BCUT2D eigenvalue weighted by atomic mass is 9.72. The van der Waals surface area contributed by atoms with Crippen molar-refractivity contribution in [3.05, 3.63) is 129 Å². The van der Waals surface area contributed by atoms with Crippen LogP contribution in [0.15, 0.2) is 78.9 Å². The van der Waals surface area contributed by atoms with Crippen LogP contribution in [-0.2, 0) is 56.0 Å². The Morgan fingerprint density at radius 3 is 2.42 bits per heavy atom. The molecule has 3 aromatic carbocycles. The molecule has 9 rings (SSSR count). The van der Waals surface area contributed by atoms with Crippen molar-refractivity contribution in [3.63, 3.8) is 0 Å². The normalized spacial score (nSPS) is 20.0. The lowest BCUT2D eigenvalue weighted by Crippen LogP contribution is -2.42. The molecule has 304 valence electrons. The Hall–Kier alpha value is -5.77. The summed E-state index contributed by atoms with van der Waals surface area (Å²) in [5.74, 6) is 0.690. The summed E-state index contributed by atoms with van der Waals surface area (Å²) in [5, 5.41) is 15.9. The monoisotopic (exact) mass is 791 g/mol. The van der Waals surface area contributed by atoms with Gasteiger partial charge in [-0.3, -0.25) is 9.48 Å². The SMILES string of the molecule is CN(C)C(=O)c1cc2n(n1)CCCN(c1nc(OC[C@@H]3CCCN3C)nc3c1COC1(CCCc4ccc(N(Cc5ccccc5)Cc5ccccc5)c(C#N)c41)C3)C2. The van der Waals surface area contributed by atoms with Crippen molar-refractivity contribution in [2.24, 2.45) is 0 Å². The van der Waals surface area contributed by atoms with Crippen LogP contribution in [0.4, 0.5) is 11.5 Å². The molecule has 1 spiro atoms. The summed E-state index contributed by atoms with van der Waals surface area (Å²) in [7, 11) is 5.65. The molecule has 1 aliphatic carbocycles. The first-order chi connectivity index (χ1) is 28.8. The Labute approximate surface area is 347 Å². The maximum atomic E-state index is 12.9. The van der Waals surface area contributed by atoms with Gasteiger partial charge in [0.25, 0.3) is 5.91 Å². The number of nitriles is 1. The quantitative estimate of drug-likeness (QED) is 0.153. The van der Waals surface area contributed by atoms with Gasteiger partial charge in [0, 0.05) is 63.9 Å². The first-order valence-electron chi connectivity index (χ1n) is 21.1. The van der Waals surface area contributed by atoms with Crippen LogP contribution in [0.3, 0.4) is 0 Å². The fourth-order valence-electron chi connectivity index (χ4n) is 9.57. The highest BCUT2D eigenvalue weighted by Crippen LogP contribution is 2.49. The molecule has 5 heterocycles. The first kappa shape index (κ1) is 38.7. The number of anilines is 2. The van der Waals surface area contributed by atoms with Gasteiger partial charge >= 0.3 is 6.01 Å². The molecule has 1 saturated heterocycles.